The molecule has 4 heterocycles. The number of carbonyl (C=O) groups excluding carboxylic acids is 2. The van der Waals surface area contributed by atoms with Gasteiger partial charge in [-0.2, -0.15) is 13.5 Å². The fraction of sp³-hybridized carbons (Fsp3) is 0.857. The highest BCUT2D eigenvalue weighted by molar-refractivity contribution is 7.80. The Labute approximate surface area is 145 Å². The molecule has 0 aromatic rings. The monoisotopic (exact) mass is 374 g/mol. The van der Waals surface area contributed by atoms with Crippen LogP contribution >= 0.6 is 0 Å². The summed E-state index contributed by atoms with van der Waals surface area (Å²) in [6.45, 7) is 0.212. The Kier molecular flexibility index (Phi) is 4.13. The minimum Gasteiger partial charge on any atom is -0.351 e. The van der Waals surface area contributed by atoms with Gasteiger partial charge in [-0.3, -0.25) is 9.35 Å². The van der Waals surface area contributed by atoms with Crippen LogP contribution in [0.3, 0.4) is 0 Å². The average molecular weight is 374 g/mol. The van der Waals surface area contributed by atoms with Gasteiger partial charge in [-0.25, -0.2) is 4.79 Å². The van der Waals surface area contributed by atoms with Crippen LogP contribution in [-0.4, -0.2) is 71.6 Å². The van der Waals surface area contributed by atoms with Crippen molar-refractivity contribution in [3.8, 4) is 0 Å². The lowest BCUT2D eigenvalue weighted by atomic mass is 9.97. The second-order valence-electron chi connectivity index (χ2n) is 7.32. The van der Waals surface area contributed by atoms with Crippen molar-refractivity contribution in [1.82, 2.24) is 20.6 Å². The van der Waals surface area contributed by atoms with Crippen LogP contribution in [0.4, 0.5) is 4.79 Å². The van der Waals surface area contributed by atoms with Gasteiger partial charge in [0.25, 0.3) is 0 Å². The van der Waals surface area contributed by atoms with E-state index in [2.05, 4.69) is 14.9 Å². The van der Waals surface area contributed by atoms with Crippen LogP contribution < -0.4 is 10.6 Å². The summed E-state index contributed by atoms with van der Waals surface area (Å²) >= 11 is 0. The number of nitrogens with one attached hydrogen (secondary N) is 2. The molecule has 0 radical (unpaired) electrons. The molecule has 10 nitrogen and oxygen atoms in total. The van der Waals surface area contributed by atoms with Gasteiger partial charge >= 0.3 is 16.4 Å². The van der Waals surface area contributed by atoms with E-state index in [0.29, 0.717) is 30.0 Å². The molecule has 0 aromatic carbocycles. The molecule has 4 aliphatic heterocycles. The standard InChI is InChI=1S/C14H22N4O6S/c19-13(16-10-5-8-1-2-9(6-10)15-8)12-4-3-11-7-17(12)14(20)18(11)24-25(21,22)23/h8-12,15H,1-7H2,(H,16,19)(H,21,22,23)/t8?,9?,10?,11-,12-/m1/s1. The first-order valence-electron chi connectivity index (χ1n) is 8.63. The number of nitrogens with zero attached hydrogens (tertiary/aromatic N) is 2. The summed E-state index contributed by atoms with van der Waals surface area (Å²) in [7, 11) is -4.77. The molecule has 11 heteroatoms. The maximum absolute atomic E-state index is 12.7. The van der Waals surface area contributed by atoms with E-state index in [4.69, 9.17) is 4.55 Å². The van der Waals surface area contributed by atoms with E-state index in [0.717, 1.165) is 25.7 Å². The van der Waals surface area contributed by atoms with E-state index in [1.54, 1.807) is 0 Å². The van der Waals surface area contributed by atoms with Gasteiger partial charge in [-0.15, -0.1) is 4.28 Å². The zero-order valence-corrected chi connectivity index (χ0v) is 14.4. The molecule has 4 bridgehead atoms. The van der Waals surface area contributed by atoms with Gasteiger partial charge in [0.15, 0.2) is 0 Å². The summed E-state index contributed by atoms with van der Waals surface area (Å²) in [5.74, 6) is -0.202. The zero-order valence-electron chi connectivity index (χ0n) is 13.6. The van der Waals surface area contributed by atoms with E-state index < -0.39 is 28.5 Å². The molecule has 3 N–H and O–H groups in total. The molecule has 4 aliphatic rings. The molecule has 4 saturated heterocycles. The van der Waals surface area contributed by atoms with E-state index in [1.165, 1.54) is 4.90 Å². The van der Waals surface area contributed by atoms with Gasteiger partial charge < -0.3 is 15.5 Å². The predicted octanol–water partition coefficient (Wildman–Crippen LogP) is -0.611. The van der Waals surface area contributed by atoms with Crippen molar-refractivity contribution >= 4 is 22.3 Å². The normalized spacial score (nSPS) is 37.5. The molecule has 140 valence electrons. The number of amides is 3. The number of fused-ring (bicyclic) bond motifs is 4. The van der Waals surface area contributed by atoms with Crippen LogP contribution in [0.25, 0.3) is 0 Å². The van der Waals surface area contributed by atoms with Crippen molar-refractivity contribution in [3.05, 3.63) is 0 Å². The highest BCUT2D eigenvalue weighted by Gasteiger charge is 2.49. The van der Waals surface area contributed by atoms with E-state index in [9.17, 15) is 18.0 Å². The van der Waals surface area contributed by atoms with Crippen LogP contribution in [0, 0.1) is 0 Å². The minimum absolute atomic E-state index is 0.104. The van der Waals surface area contributed by atoms with Gasteiger partial charge in [0.1, 0.15) is 6.04 Å². The Morgan fingerprint density at radius 3 is 2.52 bits per heavy atom. The van der Waals surface area contributed by atoms with Gasteiger partial charge in [0.2, 0.25) is 5.91 Å². The second-order valence-corrected chi connectivity index (χ2v) is 8.33. The van der Waals surface area contributed by atoms with E-state index in [1.807, 2.05) is 0 Å². The summed E-state index contributed by atoms with van der Waals surface area (Å²) in [5, 5.41) is 7.23. The molecule has 4 fully saturated rings. The second kappa shape index (κ2) is 6.08. The fourth-order valence-electron chi connectivity index (χ4n) is 4.58. The van der Waals surface area contributed by atoms with Gasteiger partial charge in [0.05, 0.1) is 6.04 Å². The SMILES string of the molecule is O=C(NC1CC2CCC(C1)N2)[C@H]1CC[C@@H]2CN1C(=O)N2OS(=O)(=O)O. The summed E-state index contributed by atoms with van der Waals surface area (Å²) in [6, 6.07) is -0.810. The molecule has 4 atom stereocenters. The molecule has 4 rings (SSSR count). The van der Waals surface area contributed by atoms with E-state index >= 15 is 0 Å². The Morgan fingerprint density at radius 1 is 1.20 bits per heavy atom. The fourth-order valence-corrected chi connectivity index (χ4v) is 4.97. The zero-order chi connectivity index (χ0) is 17.8. The summed E-state index contributed by atoms with van der Waals surface area (Å²) in [6.07, 6.45) is 4.93. The van der Waals surface area contributed by atoms with Gasteiger partial charge in [0, 0.05) is 24.7 Å². The predicted molar refractivity (Wildman–Crippen MR) is 84.5 cm³/mol. The Balaban J connectivity index is 1.40. The molecular formula is C14H22N4O6S. The maximum Gasteiger partial charge on any atom is 0.418 e. The summed E-state index contributed by atoms with van der Waals surface area (Å²) in [4.78, 5) is 26.3. The molecule has 25 heavy (non-hydrogen) atoms. The highest BCUT2D eigenvalue weighted by Crippen LogP contribution is 2.31. The van der Waals surface area contributed by atoms with Crippen molar-refractivity contribution in [2.45, 2.75) is 68.7 Å². The maximum atomic E-state index is 12.7. The molecule has 0 spiro atoms. The first kappa shape index (κ1) is 17.0. The highest BCUT2D eigenvalue weighted by atomic mass is 32.3. The number of hydrogen-bond acceptors (Lipinski definition) is 6. The minimum atomic E-state index is -4.77. The van der Waals surface area contributed by atoms with Crippen molar-refractivity contribution < 1.29 is 26.8 Å². The lowest BCUT2D eigenvalue weighted by Crippen LogP contribution is -2.55. The lowest BCUT2D eigenvalue weighted by molar-refractivity contribution is -0.127. The molecule has 0 aliphatic carbocycles. The van der Waals surface area contributed by atoms with Gasteiger partial charge in [-0.05, 0) is 38.5 Å². The largest absolute Gasteiger partial charge is 0.418 e. The third kappa shape index (κ3) is 3.33. The van der Waals surface area contributed by atoms with Crippen LogP contribution in [-0.2, 0) is 19.5 Å². The Hall–Kier alpha value is -1.43. The first-order valence-corrected chi connectivity index (χ1v) is 10.00. The van der Waals surface area contributed by atoms with Crippen LogP contribution in [0.15, 0.2) is 0 Å². The quantitative estimate of drug-likeness (QED) is 0.560. The first-order chi connectivity index (χ1) is 11.8. The third-order valence-electron chi connectivity index (χ3n) is 5.62. The topological polar surface area (TPSA) is 128 Å². The molecular weight excluding hydrogens is 352 g/mol. The number of piperidine rings is 2. The molecule has 2 unspecified atom stereocenters. The Bertz CT molecular complexity index is 673. The number of hydrogen-bond donors (Lipinski definition) is 3. The van der Waals surface area contributed by atoms with Crippen LogP contribution in [0.1, 0.15) is 38.5 Å². The number of hydroxylamine groups is 2. The smallest absolute Gasteiger partial charge is 0.351 e. The van der Waals surface area contributed by atoms with Crippen LogP contribution in [0.2, 0.25) is 0 Å². The number of carbonyl (C=O) groups is 2. The van der Waals surface area contributed by atoms with Crippen molar-refractivity contribution in [3.63, 3.8) is 0 Å². The van der Waals surface area contributed by atoms with E-state index in [-0.39, 0.29) is 18.5 Å². The van der Waals surface area contributed by atoms with Crippen molar-refractivity contribution in [2.24, 2.45) is 0 Å². The Morgan fingerprint density at radius 2 is 1.88 bits per heavy atom. The molecule has 0 aromatic heterocycles. The molecule has 0 saturated carbocycles. The third-order valence-corrected chi connectivity index (χ3v) is 5.97. The summed E-state index contributed by atoms with van der Waals surface area (Å²) in [5.41, 5.74) is 0. The van der Waals surface area contributed by atoms with Gasteiger partial charge in [-0.1, -0.05) is 0 Å². The molecule has 3 amide bonds. The summed E-state index contributed by atoms with van der Waals surface area (Å²) < 4.78 is 35.0. The van der Waals surface area contributed by atoms with Crippen LogP contribution in [0.5, 0.6) is 0 Å². The lowest BCUT2D eigenvalue weighted by Gasteiger charge is -2.34. The average Bonchev–Trinajstić information content (AvgIpc) is 2.98. The van der Waals surface area contributed by atoms with Crippen molar-refractivity contribution in [1.29, 1.82) is 0 Å². The number of rotatable bonds is 4. The number of urea groups is 1. The van der Waals surface area contributed by atoms with Crippen molar-refractivity contribution in [2.75, 3.05) is 6.54 Å².